The molecule has 0 radical (unpaired) electrons. The molecule has 0 aliphatic carbocycles. The van der Waals surface area contributed by atoms with Crippen LogP contribution in [0, 0.1) is 0 Å². The first-order valence-corrected chi connectivity index (χ1v) is 7.92. The predicted molar refractivity (Wildman–Crippen MR) is 86.0 cm³/mol. The molecule has 0 aromatic heterocycles. The molecule has 114 valence electrons. The minimum absolute atomic E-state index is 0.0104. The normalized spacial score (nSPS) is 18.1. The fourth-order valence-electron chi connectivity index (χ4n) is 2.53. The largest absolute Gasteiger partial charge is 0.342 e. The summed E-state index contributed by atoms with van der Waals surface area (Å²) in [4.78, 5) is 26.2. The van der Waals surface area contributed by atoms with Crippen molar-refractivity contribution >= 4 is 33.4 Å². The second kappa shape index (κ2) is 6.58. The average Bonchev–Trinajstić information content (AvgIpc) is 2.76. The van der Waals surface area contributed by atoms with Gasteiger partial charge in [0.25, 0.3) is 0 Å². The lowest BCUT2D eigenvalue weighted by atomic mass is 10.1. The van der Waals surface area contributed by atoms with E-state index in [1.807, 2.05) is 32.0 Å². The molecule has 2 unspecified atom stereocenters. The van der Waals surface area contributed by atoms with Crippen LogP contribution in [0.25, 0.3) is 0 Å². The van der Waals surface area contributed by atoms with Gasteiger partial charge < -0.3 is 10.2 Å². The summed E-state index contributed by atoms with van der Waals surface area (Å²) in [5.74, 6) is -0.112. The molecule has 6 heteroatoms. The molecule has 0 spiro atoms. The number of nitrogens with zero attached hydrogens (tertiary/aromatic N) is 1. The number of nitrogens with one attached hydrogen (secondary N) is 2. The number of hydrogen-bond donors (Lipinski definition) is 2. The molecule has 1 aromatic rings. The zero-order chi connectivity index (χ0) is 15.6. The average molecular weight is 354 g/mol. The SMILES string of the molecule is CCN(CC)C(=O)C(C)NC1C(=O)Nc2ccc(Br)cc21. The minimum Gasteiger partial charge on any atom is -0.342 e. The molecule has 21 heavy (non-hydrogen) atoms. The van der Waals surface area contributed by atoms with Crippen molar-refractivity contribution in [1.29, 1.82) is 0 Å². The number of benzene rings is 1. The predicted octanol–water partition coefficient (Wildman–Crippen LogP) is 2.29. The van der Waals surface area contributed by atoms with E-state index in [2.05, 4.69) is 26.6 Å². The van der Waals surface area contributed by atoms with E-state index in [0.717, 1.165) is 15.7 Å². The number of halogens is 1. The molecule has 1 heterocycles. The van der Waals surface area contributed by atoms with E-state index in [0.29, 0.717) is 13.1 Å². The fraction of sp³-hybridized carbons (Fsp3) is 0.467. The van der Waals surface area contributed by atoms with E-state index in [4.69, 9.17) is 0 Å². The van der Waals surface area contributed by atoms with Crippen LogP contribution < -0.4 is 10.6 Å². The van der Waals surface area contributed by atoms with Crippen molar-refractivity contribution in [2.24, 2.45) is 0 Å². The van der Waals surface area contributed by atoms with Gasteiger partial charge in [-0.05, 0) is 39.0 Å². The molecule has 2 rings (SSSR count). The van der Waals surface area contributed by atoms with Crippen molar-refractivity contribution in [1.82, 2.24) is 10.2 Å². The molecule has 0 fully saturated rings. The number of anilines is 1. The van der Waals surface area contributed by atoms with Crippen molar-refractivity contribution in [3.05, 3.63) is 28.2 Å². The van der Waals surface area contributed by atoms with Crippen LogP contribution >= 0.6 is 15.9 Å². The van der Waals surface area contributed by atoms with E-state index < -0.39 is 12.1 Å². The van der Waals surface area contributed by atoms with Gasteiger partial charge in [0.1, 0.15) is 6.04 Å². The Balaban J connectivity index is 2.15. The van der Waals surface area contributed by atoms with Crippen LogP contribution in [0.2, 0.25) is 0 Å². The molecule has 1 aromatic carbocycles. The zero-order valence-electron chi connectivity index (χ0n) is 12.4. The van der Waals surface area contributed by atoms with Gasteiger partial charge in [-0.25, -0.2) is 0 Å². The summed E-state index contributed by atoms with van der Waals surface area (Å²) >= 11 is 3.41. The molecule has 1 aliphatic rings. The highest BCUT2D eigenvalue weighted by molar-refractivity contribution is 9.10. The molecule has 0 saturated heterocycles. The van der Waals surface area contributed by atoms with Crippen molar-refractivity contribution in [2.75, 3.05) is 18.4 Å². The van der Waals surface area contributed by atoms with Crippen LogP contribution in [0.15, 0.2) is 22.7 Å². The Bertz CT molecular complexity index is 558. The fourth-order valence-corrected chi connectivity index (χ4v) is 2.91. The van der Waals surface area contributed by atoms with Crippen molar-refractivity contribution in [2.45, 2.75) is 32.9 Å². The Morgan fingerprint density at radius 3 is 2.71 bits per heavy atom. The third kappa shape index (κ3) is 3.27. The first-order valence-electron chi connectivity index (χ1n) is 7.13. The first-order chi connectivity index (χ1) is 9.97. The topological polar surface area (TPSA) is 61.4 Å². The molecule has 2 atom stereocenters. The van der Waals surface area contributed by atoms with Gasteiger partial charge in [-0.2, -0.15) is 0 Å². The van der Waals surface area contributed by atoms with Crippen LogP contribution in [0.3, 0.4) is 0 Å². The summed E-state index contributed by atoms with van der Waals surface area (Å²) in [6, 6.07) is 4.74. The lowest BCUT2D eigenvalue weighted by molar-refractivity contribution is -0.133. The zero-order valence-corrected chi connectivity index (χ0v) is 14.0. The highest BCUT2D eigenvalue weighted by Gasteiger charge is 2.33. The summed E-state index contributed by atoms with van der Waals surface area (Å²) < 4.78 is 0.910. The second-order valence-electron chi connectivity index (χ2n) is 5.05. The number of carbonyl (C=O) groups excluding carboxylic acids is 2. The smallest absolute Gasteiger partial charge is 0.246 e. The summed E-state index contributed by atoms with van der Waals surface area (Å²) in [5, 5.41) is 5.97. The van der Waals surface area contributed by atoms with E-state index >= 15 is 0 Å². The van der Waals surface area contributed by atoms with Gasteiger partial charge in [0.2, 0.25) is 11.8 Å². The van der Waals surface area contributed by atoms with E-state index in [1.165, 1.54) is 0 Å². The second-order valence-corrected chi connectivity index (χ2v) is 5.97. The van der Waals surface area contributed by atoms with Gasteiger partial charge in [-0.1, -0.05) is 15.9 Å². The Labute approximate surface area is 133 Å². The number of carbonyl (C=O) groups is 2. The summed E-state index contributed by atoms with van der Waals surface area (Å²) in [6.07, 6.45) is 0. The van der Waals surface area contributed by atoms with Crippen molar-refractivity contribution in [3.8, 4) is 0 Å². The van der Waals surface area contributed by atoms with Crippen LogP contribution in [0.4, 0.5) is 5.69 Å². The van der Waals surface area contributed by atoms with Gasteiger partial charge in [0.05, 0.1) is 6.04 Å². The monoisotopic (exact) mass is 353 g/mol. The Hall–Kier alpha value is -1.40. The molecule has 5 nitrogen and oxygen atoms in total. The molecule has 0 bridgehead atoms. The van der Waals surface area contributed by atoms with Crippen LogP contribution in [-0.4, -0.2) is 35.8 Å². The number of fused-ring (bicyclic) bond motifs is 1. The Morgan fingerprint density at radius 1 is 1.43 bits per heavy atom. The summed E-state index contributed by atoms with van der Waals surface area (Å²) in [5.41, 5.74) is 1.66. The third-order valence-electron chi connectivity index (χ3n) is 3.71. The molecule has 2 N–H and O–H groups in total. The number of hydrogen-bond acceptors (Lipinski definition) is 3. The third-order valence-corrected chi connectivity index (χ3v) is 4.20. The lowest BCUT2D eigenvalue weighted by Gasteiger charge is -2.25. The summed E-state index contributed by atoms with van der Waals surface area (Å²) in [7, 11) is 0. The maximum absolute atomic E-state index is 12.3. The lowest BCUT2D eigenvalue weighted by Crippen LogP contribution is -2.47. The molecular formula is C15H20BrN3O2. The van der Waals surface area contributed by atoms with E-state index in [9.17, 15) is 9.59 Å². The van der Waals surface area contributed by atoms with E-state index in [-0.39, 0.29) is 11.8 Å². The highest BCUT2D eigenvalue weighted by atomic mass is 79.9. The van der Waals surface area contributed by atoms with Crippen LogP contribution in [0.5, 0.6) is 0 Å². The minimum atomic E-state index is -0.494. The number of likely N-dealkylation sites (N-methyl/N-ethyl adjacent to an activating group) is 1. The van der Waals surface area contributed by atoms with Gasteiger partial charge in [0.15, 0.2) is 0 Å². The van der Waals surface area contributed by atoms with Crippen molar-refractivity contribution < 1.29 is 9.59 Å². The maximum Gasteiger partial charge on any atom is 0.246 e. The standard InChI is InChI=1S/C15H20BrN3O2/c1-4-19(5-2)15(21)9(3)17-13-11-8-10(16)6-7-12(11)18-14(13)20/h6-9,13,17H,4-5H2,1-3H3,(H,18,20). The molecule has 0 saturated carbocycles. The number of rotatable bonds is 5. The number of amides is 2. The first kappa shape index (κ1) is 16.0. The van der Waals surface area contributed by atoms with Crippen LogP contribution in [-0.2, 0) is 9.59 Å². The van der Waals surface area contributed by atoms with Crippen LogP contribution in [0.1, 0.15) is 32.4 Å². The van der Waals surface area contributed by atoms with Gasteiger partial charge >= 0.3 is 0 Å². The van der Waals surface area contributed by atoms with Gasteiger partial charge in [-0.15, -0.1) is 0 Å². The Morgan fingerprint density at radius 2 is 2.10 bits per heavy atom. The molecular weight excluding hydrogens is 334 g/mol. The molecule has 2 amide bonds. The Kier molecular flexibility index (Phi) is 5.00. The summed E-state index contributed by atoms with van der Waals surface area (Å²) in [6.45, 7) is 7.02. The highest BCUT2D eigenvalue weighted by Crippen LogP contribution is 2.33. The molecule has 1 aliphatic heterocycles. The quantitative estimate of drug-likeness (QED) is 0.853. The van der Waals surface area contributed by atoms with Crippen molar-refractivity contribution in [3.63, 3.8) is 0 Å². The maximum atomic E-state index is 12.3. The van der Waals surface area contributed by atoms with Gasteiger partial charge in [0, 0.05) is 28.8 Å². The van der Waals surface area contributed by atoms with E-state index in [1.54, 1.807) is 11.8 Å². The van der Waals surface area contributed by atoms with Gasteiger partial charge in [-0.3, -0.25) is 14.9 Å².